The summed E-state index contributed by atoms with van der Waals surface area (Å²) in [5, 5.41) is 0. The molecule has 1 aliphatic heterocycles. The maximum absolute atomic E-state index is 5.71. The first-order valence-electron chi connectivity index (χ1n) is 8.09. The van der Waals surface area contributed by atoms with Crippen LogP contribution in [-0.4, -0.2) is 49.1 Å². The second-order valence-electron chi connectivity index (χ2n) is 6.43. The molecule has 1 aromatic carbocycles. The number of benzene rings is 1. The van der Waals surface area contributed by atoms with E-state index >= 15 is 0 Å². The lowest BCUT2D eigenvalue weighted by atomic mass is 10.1. The second-order valence-corrected chi connectivity index (χ2v) is 6.43. The molecule has 1 heterocycles. The standard InChI is InChI=1S/C17H27N3/c18-17-7-5-15(6-8-17)2-1-9-19-10-12-20(13-11-19)14-16-3-4-16/h5-8,16H,1-4,9-14,18H2. The van der Waals surface area contributed by atoms with Crippen LogP contribution in [-0.2, 0) is 6.42 Å². The lowest BCUT2D eigenvalue weighted by Crippen LogP contribution is -2.47. The Kier molecular flexibility index (Phi) is 4.58. The van der Waals surface area contributed by atoms with E-state index in [1.807, 2.05) is 12.1 Å². The van der Waals surface area contributed by atoms with Gasteiger partial charge in [-0.15, -0.1) is 0 Å². The van der Waals surface area contributed by atoms with E-state index in [9.17, 15) is 0 Å². The van der Waals surface area contributed by atoms with Crippen LogP contribution >= 0.6 is 0 Å². The van der Waals surface area contributed by atoms with Gasteiger partial charge in [0, 0.05) is 38.4 Å². The molecule has 1 aromatic rings. The number of hydrogen-bond donors (Lipinski definition) is 1. The summed E-state index contributed by atoms with van der Waals surface area (Å²) in [5.41, 5.74) is 7.98. The molecule has 1 aliphatic carbocycles. The first-order chi connectivity index (χ1) is 9.79. The van der Waals surface area contributed by atoms with E-state index in [4.69, 9.17) is 5.73 Å². The minimum atomic E-state index is 0.862. The number of hydrogen-bond acceptors (Lipinski definition) is 3. The van der Waals surface area contributed by atoms with E-state index < -0.39 is 0 Å². The number of nitrogens with two attached hydrogens (primary N) is 1. The molecule has 0 atom stereocenters. The molecule has 2 fully saturated rings. The zero-order valence-corrected chi connectivity index (χ0v) is 12.4. The molecule has 3 nitrogen and oxygen atoms in total. The lowest BCUT2D eigenvalue weighted by molar-refractivity contribution is 0.127. The lowest BCUT2D eigenvalue weighted by Gasteiger charge is -2.34. The molecule has 2 aliphatic rings. The van der Waals surface area contributed by atoms with E-state index in [-0.39, 0.29) is 0 Å². The van der Waals surface area contributed by atoms with Crippen molar-refractivity contribution in [3.05, 3.63) is 29.8 Å². The zero-order valence-electron chi connectivity index (χ0n) is 12.4. The topological polar surface area (TPSA) is 32.5 Å². The van der Waals surface area contributed by atoms with Crippen molar-refractivity contribution in [1.82, 2.24) is 9.80 Å². The average Bonchev–Trinajstić information content (AvgIpc) is 3.27. The summed E-state index contributed by atoms with van der Waals surface area (Å²) in [6, 6.07) is 8.32. The van der Waals surface area contributed by atoms with Crippen LogP contribution in [0.4, 0.5) is 5.69 Å². The molecule has 1 saturated heterocycles. The Labute approximate surface area is 122 Å². The predicted molar refractivity (Wildman–Crippen MR) is 84.8 cm³/mol. The molecule has 0 unspecified atom stereocenters. The first-order valence-corrected chi connectivity index (χ1v) is 8.09. The van der Waals surface area contributed by atoms with Crippen LogP contribution in [0.15, 0.2) is 24.3 Å². The highest BCUT2D eigenvalue weighted by atomic mass is 15.3. The van der Waals surface area contributed by atoms with Crippen LogP contribution in [0, 0.1) is 5.92 Å². The fourth-order valence-corrected chi connectivity index (χ4v) is 3.05. The van der Waals surface area contributed by atoms with Gasteiger partial charge in [-0.2, -0.15) is 0 Å². The van der Waals surface area contributed by atoms with Gasteiger partial charge in [-0.1, -0.05) is 12.1 Å². The van der Waals surface area contributed by atoms with Gasteiger partial charge in [0.1, 0.15) is 0 Å². The Morgan fingerprint density at radius 2 is 1.60 bits per heavy atom. The first kappa shape index (κ1) is 13.9. The van der Waals surface area contributed by atoms with Crippen LogP contribution < -0.4 is 5.73 Å². The summed E-state index contributed by atoms with van der Waals surface area (Å²) < 4.78 is 0. The summed E-state index contributed by atoms with van der Waals surface area (Å²) >= 11 is 0. The monoisotopic (exact) mass is 273 g/mol. The van der Waals surface area contributed by atoms with Gasteiger partial charge in [0.05, 0.1) is 0 Å². The van der Waals surface area contributed by atoms with Crippen LogP contribution in [0.3, 0.4) is 0 Å². The van der Waals surface area contributed by atoms with Crippen LogP contribution in [0.25, 0.3) is 0 Å². The third kappa shape index (κ3) is 4.22. The summed E-state index contributed by atoms with van der Waals surface area (Å²) in [6.07, 6.45) is 5.37. The minimum Gasteiger partial charge on any atom is -0.399 e. The number of rotatable bonds is 6. The predicted octanol–water partition coefficient (Wildman–Crippen LogP) is 2.23. The number of nitrogens with zero attached hydrogens (tertiary/aromatic N) is 2. The Morgan fingerprint density at radius 3 is 2.25 bits per heavy atom. The highest BCUT2D eigenvalue weighted by molar-refractivity contribution is 5.39. The Bertz CT molecular complexity index is 403. The van der Waals surface area contributed by atoms with Crippen molar-refractivity contribution in [2.75, 3.05) is 45.0 Å². The largest absolute Gasteiger partial charge is 0.399 e. The molecular formula is C17H27N3. The van der Waals surface area contributed by atoms with Gasteiger partial charge in [-0.3, -0.25) is 0 Å². The SMILES string of the molecule is Nc1ccc(CCCN2CCN(CC3CC3)CC2)cc1. The van der Waals surface area contributed by atoms with E-state index in [2.05, 4.69) is 21.9 Å². The normalized spacial score (nSPS) is 21.2. The van der Waals surface area contributed by atoms with E-state index in [1.54, 1.807) is 0 Å². The maximum atomic E-state index is 5.71. The molecule has 0 radical (unpaired) electrons. The summed E-state index contributed by atoms with van der Waals surface area (Å²) in [6.45, 7) is 7.67. The highest BCUT2D eigenvalue weighted by Crippen LogP contribution is 2.29. The number of piperazine rings is 1. The van der Waals surface area contributed by atoms with Crippen molar-refractivity contribution in [1.29, 1.82) is 0 Å². The molecule has 2 N–H and O–H groups in total. The number of anilines is 1. The van der Waals surface area contributed by atoms with Crippen LogP contribution in [0.5, 0.6) is 0 Å². The molecule has 3 rings (SSSR count). The maximum Gasteiger partial charge on any atom is 0.0314 e. The molecular weight excluding hydrogens is 246 g/mol. The molecule has 0 bridgehead atoms. The van der Waals surface area contributed by atoms with Crippen molar-refractivity contribution >= 4 is 5.69 Å². The van der Waals surface area contributed by atoms with Crippen molar-refractivity contribution < 1.29 is 0 Å². The fourth-order valence-electron chi connectivity index (χ4n) is 3.05. The van der Waals surface area contributed by atoms with Crippen molar-refractivity contribution in [3.63, 3.8) is 0 Å². The van der Waals surface area contributed by atoms with Gasteiger partial charge in [0.2, 0.25) is 0 Å². The Balaban J connectivity index is 1.32. The molecule has 0 aromatic heterocycles. The highest BCUT2D eigenvalue weighted by Gasteiger charge is 2.26. The fraction of sp³-hybridized carbons (Fsp3) is 0.647. The zero-order chi connectivity index (χ0) is 13.8. The van der Waals surface area contributed by atoms with Crippen molar-refractivity contribution in [2.45, 2.75) is 25.7 Å². The van der Waals surface area contributed by atoms with E-state index in [0.29, 0.717) is 0 Å². The Hall–Kier alpha value is -1.06. The van der Waals surface area contributed by atoms with Gasteiger partial charge < -0.3 is 15.5 Å². The molecule has 0 spiro atoms. The summed E-state index contributed by atoms with van der Waals surface area (Å²) in [5.74, 6) is 1.03. The quantitative estimate of drug-likeness (QED) is 0.807. The van der Waals surface area contributed by atoms with Crippen LogP contribution in [0.2, 0.25) is 0 Å². The molecule has 110 valence electrons. The van der Waals surface area contributed by atoms with Gasteiger partial charge >= 0.3 is 0 Å². The molecule has 3 heteroatoms. The molecule has 0 amide bonds. The molecule has 1 saturated carbocycles. The Morgan fingerprint density at radius 1 is 0.950 bits per heavy atom. The minimum absolute atomic E-state index is 0.862. The number of aryl methyl sites for hydroxylation is 1. The van der Waals surface area contributed by atoms with Gasteiger partial charge in [-0.25, -0.2) is 0 Å². The second kappa shape index (κ2) is 6.59. The number of nitrogen functional groups attached to an aromatic ring is 1. The van der Waals surface area contributed by atoms with Gasteiger partial charge in [0.25, 0.3) is 0 Å². The van der Waals surface area contributed by atoms with Gasteiger partial charge in [-0.05, 0) is 55.8 Å². The van der Waals surface area contributed by atoms with E-state index in [0.717, 1.165) is 11.6 Å². The summed E-state index contributed by atoms with van der Waals surface area (Å²) in [4.78, 5) is 5.29. The summed E-state index contributed by atoms with van der Waals surface area (Å²) in [7, 11) is 0. The third-order valence-electron chi connectivity index (χ3n) is 4.60. The van der Waals surface area contributed by atoms with E-state index in [1.165, 1.54) is 70.5 Å². The third-order valence-corrected chi connectivity index (χ3v) is 4.60. The van der Waals surface area contributed by atoms with Gasteiger partial charge in [0.15, 0.2) is 0 Å². The van der Waals surface area contributed by atoms with Crippen molar-refractivity contribution in [2.24, 2.45) is 5.92 Å². The van der Waals surface area contributed by atoms with Crippen LogP contribution in [0.1, 0.15) is 24.8 Å². The van der Waals surface area contributed by atoms with Crippen molar-refractivity contribution in [3.8, 4) is 0 Å². The average molecular weight is 273 g/mol. The smallest absolute Gasteiger partial charge is 0.0314 e. The molecule has 20 heavy (non-hydrogen) atoms.